The summed E-state index contributed by atoms with van der Waals surface area (Å²) in [6, 6.07) is 7.94. The molecular weight excluding hydrogens is 219 g/mol. The first kappa shape index (κ1) is 9.77. The summed E-state index contributed by atoms with van der Waals surface area (Å²) in [7, 11) is 0. The van der Waals surface area contributed by atoms with Crippen molar-refractivity contribution in [3.8, 4) is 0 Å². The molecule has 0 radical (unpaired) electrons. The van der Waals surface area contributed by atoms with Crippen LogP contribution in [0.25, 0.3) is 11.0 Å². The Morgan fingerprint density at radius 1 is 1.12 bits per heavy atom. The standard InChI is InChI=1S/C12H9FN4/c13-9-1-3-10(4-2-9)16-12-15-7-8-5-6-14-11(8)17-12/h1-7H,(H2,14,15,16,17). The molecule has 2 heterocycles. The minimum Gasteiger partial charge on any atom is -0.346 e. The lowest BCUT2D eigenvalue weighted by atomic mass is 10.3. The largest absolute Gasteiger partial charge is 0.346 e. The fourth-order valence-corrected chi connectivity index (χ4v) is 1.56. The molecule has 0 aliphatic rings. The molecule has 0 saturated heterocycles. The zero-order chi connectivity index (χ0) is 11.7. The molecule has 17 heavy (non-hydrogen) atoms. The molecular formula is C12H9FN4. The maximum Gasteiger partial charge on any atom is 0.229 e. The summed E-state index contributed by atoms with van der Waals surface area (Å²) < 4.78 is 12.7. The molecule has 3 aromatic rings. The molecule has 2 N–H and O–H groups in total. The van der Waals surface area contributed by atoms with E-state index in [0.29, 0.717) is 5.95 Å². The Balaban J connectivity index is 1.91. The van der Waals surface area contributed by atoms with Gasteiger partial charge in [-0.05, 0) is 30.3 Å². The normalized spacial score (nSPS) is 10.6. The number of aromatic amines is 1. The van der Waals surface area contributed by atoms with Crippen molar-refractivity contribution in [3.63, 3.8) is 0 Å². The molecule has 0 saturated carbocycles. The average molecular weight is 228 g/mol. The molecule has 3 rings (SSSR count). The lowest BCUT2D eigenvalue weighted by Gasteiger charge is -2.03. The molecule has 0 spiro atoms. The maximum absolute atomic E-state index is 12.7. The molecule has 4 nitrogen and oxygen atoms in total. The van der Waals surface area contributed by atoms with Gasteiger partial charge in [0.25, 0.3) is 0 Å². The van der Waals surface area contributed by atoms with Crippen molar-refractivity contribution in [1.29, 1.82) is 0 Å². The van der Waals surface area contributed by atoms with Gasteiger partial charge in [-0.15, -0.1) is 0 Å². The Kier molecular flexibility index (Phi) is 2.22. The first-order chi connectivity index (χ1) is 8.31. The topological polar surface area (TPSA) is 53.6 Å². The van der Waals surface area contributed by atoms with Gasteiger partial charge in [0.05, 0.1) is 0 Å². The number of nitrogens with one attached hydrogen (secondary N) is 2. The number of anilines is 2. The summed E-state index contributed by atoms with van der Waals surface area (Å²) >= 11 is 0. The minimum atomic E-state index is -0.267. The molecule has 0 aliphatic carbocycles. The molecule has 5 heteroatoms. The Labute approximate surface area is 96.5 Å². The van der Waals surface area contributed by atoms with E-state index in [-0.39, 0.29) is 5.82 Å². The molecule has 2 aromatic heterocycles. The monoisotopic (exact) mass is 228 g/mol. The van der Waals surface area contributed by atoms with Crippen molar-refractivity contribution in [2.45, 2.75) is 0 Å². The predicted octanol–water partition coefficient (Wildman–Crippen LogP) is 2.84. The number of rotatable bonds is 2. The van der Waals surface area contributed by atoms with Crippen LogP contribution >= 0.6 is 0 Å². The zero-order valence-electron chi connectivity index (χ0n) is 8.81. The molecule has 0 fully saturated rings. The highest BCUT2D eigenvalue weighted by molar-refractivity contribution is 5.75. The van der Waals surface area contributed by atoms with Crippen molar-refractivity contribution >= 4 is 22.7 Å². The quantitative estimate of drug-likeness (QED) is 0.709. The second kappa shape index (κ2) is 3.86. The van der Waals surface area contributed by atoms with Gasteiger partial charge in [-0.25, -0.2) is 9.37 Å². The van der Waals surface area contributed by atoms with Crippen molar-refractivity contribution in [2.75, 3.05) is 5.32 Å². The SMILES string of the molecule is Fc1ccc(Nc2ncc3cc[nH]c3n2)cc1. The third kappa shape index (κ3) is 1.94. The van der Waals surface area contributed by atoms with Crippen LogP contribution in [0.15, 0.2) is 42.7 Å². The molecule has 0 amide bonds. The highest BCUT2D eigenvalue weighted by atomic mass is 19.1. The van der Waals surface area contributed by atoms with E-state index in [2.05, 4.69) is 20.3 Å². The summed E-state index contributed by atoms with van der Waals surface area (Å²) in [6.45, 7) is 0. The van der Waals surface area contributed by atoms with Crippen LogP contribution in [0.5, 0.6) is 0 Å². The second-order valence-electron chi connectivity index (χ2n) is 3.61. The number of aromatic nitrogens is 3. The van der Waals surface area contributed by atoms with E-state index in [0.717, 1.165) is 16.7 Å². The van der Waals surface area contributed by atoms with E-state index in [9.17, 15) is 4.39 Å². The van der Waals surface area contributed by atoms with E-state index in [1.165, 1.54) is 12.1 Å². The van der Waals surface area contributed by atoms with E-state index in [1.807, 2.05) is 6.07 Å². The van der Waals surface area contributed by atoms with Crippen LogP contribution in [0.1, 0.15) is 0 Å². The third-order valence-electron chi connectivity index (χ3n) is 2.40. The van der Waals surface area contributed by atoms with Gasteiger partial charge in [-0.3, -0.25) is 0 Å². The lowest BCUT2D eigenvalue weighted by Crippen LogP contribution is -1.96. The van der Waals surface area contributed by atoms with E-state index < -0.39 is 0 Å². The molecule has 84 valence electrons. The number of H-pyrrole nitrogens is 1. The van der Waals surface area contributed by atoms with Crippen molar-refractivity contribution in [2.24, 2.45) is 0 Å². The Bertz CT molecular complexity index is 645. The van der Waals surface area contributed by atoms with Gasteiger partial charge in [-0.2, -0.15) is 4.98 Å². The summed E-state index contributed by atoms with van der Waals surface area (Å²) in [4.78, 5) is 11.4. The fraction of sp³-hybridized carbons (Fsp3) is 0. The Morgan fingerprint density at radius 3 is 2.76 bits per heavy atom. The van der Waals surface area contributed by atoms with Crippen LogP contribution < -0.4 is 5.32 Å². The number of fused-ring (bicyclic) bond motifs is 1. The van der Waals surface area contributed by atoms with Gasteiger partial charge in [0.2, 0.25) is 5.95 Å². The zero-order valence-corrected chi connectivity index (χ0v) is 8.81. The van der Waals surface area contributed by atoms with Crippen molar-refractivity contribution in [1.82, 2.24) is 15.0 Å². The molecule has 0 aliphatic heterocycles. The highest BCUT2D eigenvalue weighted by Gasteiger charge is 2.01. The average Bonchev–Trinajstić information content (AvgIpc) is 2.79. The van der Waals surface area contributed by atoms with Gasteiger partial charge in [0.15, 0.2) is 0 Å². The maximum atomic E-state index is 12.7. The van der Waals surface area contributed by atoms with Gasteiger partial charge < -0.3 is 10.3 Å². The summed E-state index contributed by atoms with van der Waals surface area (Å²) in [6.07, 6.45) is 3.53. The van der Waals surface area contributed by atoms with Gasteiger partial charge in [-0.1, -0.05) is 0 Å². The summed E-state index contributed by atoms with van der Waals surface area (Å²) in [5.41, 5.74) is 1.52. The second-order valence-corrected chi connectivity index (χ2v) is 3.61. The van der Waals surface area contributed by atoms with Crippen LogP contribution in [0.2, 0.25) is 0 Å². The number of halogens is 1. The highest BCUT2D eigenvalue weighted by Crippen LogP contribution is 2.15. The van der Waals surface area contributed by atoms with Gasteiger partial charge in [0.1, 0.15) is 11.5 Å². The number of hydrogen-bond donors (Lipinski definition) is 2. The first-order valence-corrected chi connectivity index (χ1v) is 5.14. The van der Waals surface area contributed by atoms with Crippen molar-refractivity contribution in [3.05, 3.63) is 48.5 Å². The predicted molar refractivity (Wildman–Crippen MR) is 63.6 cm³/mol. The number of hydrogen-bond acceptors (Lipinski definition) is 3. The van der Waals surface area contributed by atoms with Gasteiger partial charge >= 0.3 is 0 Å². The van der Waals surface area contributed by atoms with Crippen LogP contribution in [-0.2, 0) is 0 Å². The first-order valence-electron chi connectivity index (χ1n) is 5.14. The minimum absolute atomic E-state index is 0.267. The molecule has 0 unspecified atom stereocenters. The van der Waals surface area contributed by atoms with E-state index >= 15 is 0 Å². The summed E-state index contributed by atoms with van der Waals surface area (Å²) in [5.74, 6) is 0.211. The third-order valence-corrected chi connectivity index (χ3v) is 2.40. The van der Waals surface area contributed by atoms with E-state index in [1.54, 1.807) is 24.5 Å². The smallest absolute Gasteiger partial charge is 0.229 e. The van der Waals surface area contributed by atoms with Crippen LogP contribution in [0, 0.1) is 5.82 Å². The van der Waals surface area contributed by atoms with Gasteiger partial charge in [0, 0.05) is 23.5 Å². The lowest BCUT2D eigenvalue weighted by molar-refractivity contribution is 0.628. The Morgan fingerprint density at radius 2 is 1.94 bits per heavy atom. The van der Waals surface area contributed by atoms with Crippen LogP contribution in [-0.4, -0.2) is 15.0 Å². The summed E-state index contributed by atoms with van der Waals surface area (Å²) in [5, 5.41) is 3.96. The van der Waals surface area contributed by atoms with Crippen LogP contribution in [0.3, 0.4) is 0 Å². The number of benzene rings is 1. The molecule has 1 aromatic carbocycles. The van der Waals surface area contributed by atoms with Crippen LogP contribution in [0.4, 0.5) is 16.0 Å². The Hall–Kier alpha value is -2.43. The number of nitrogens with zero attached hydrogens (tertiary/aromatic N) is 2. The molecule has 0 bridgehead atoms. The fourth-order valence-electron chi connectivity index (χ4n) is 1.56. The van der Waals surface area contributed by atoms with E-state index in [4.69, 9.17) is 0 Å². The van der Waals surface area contributed by atoms with Crippen molar-refractivity contribution < 1.29 is 4.39 Å². The molecule has 0 atom stereocenters.